The third kappa shape index (κ3) is 2.14. The molecule has 102 valence electrons. The zero-order chi connectivity index (χ0) is 14.2. The van der Waals surface area contributed by atoms with Crippen molar-refractivity contribution in [1.82, 2.24) is 20.1 Å². The Labute approximate surface area is 116 Å². The third-order valence-electron chi connectivity index (χ3n) is 3.24. The quantitative estimate of drug-likeness (QED) is 0.781. The second-order valence-electron chi connectivity index (χ2n) is 5.27. The van der Waals surface area contributed by atoms with Crippen LogP contribution in [0, 0.1) is 0 Å². The standard InChI is InChI=1S/C14H15N5O/c1-14(2,8-15)13-18-12(19-20-13)9-3-4-10-11(7-9)17-6-5-16-10/h3-7H,8,15H2,1-2H3. The molecule has 0 saturated heterocycles. The fraction of sp³-hybridized carbons (Fsp3) is 0.286. The van der Waals surface area contributed by atoms with Crippen molar-refractivity contribution in [3.05, 3.63) is 36.5 Å². The first kappa shape index (κ1) is 12.7. The van der Waals surface area contributed by atoms with Crippen LogP contribution in [0.3, 0.4) is 0 Å². The summed E-state index contributed by atoms with van der Waals surface area (Å²) in [6.45, 7) is 4.38. The second-order valence-corrected chi connectivity index (χ2v) is 5.27. The summed E-state index contributed by atoms with van der Waals surface area (Å²) in [6.07, 6.45) is 3.32. The largest absolute Gasteiger partial charge is 0.338 e. The molecule has 0 aliphatic heterocycles. The number of benzene rings is 1. The van der Waals surface area contributed by atoms with Gasteiger partial charge in [0.25, 0.3) is 0 Å². The molecule has 2 aromatic heterocycles. The van der Waals surface area contributed by atoms with E-state index in [4.69, 9.17) is 10.3 Å². The first-order valence-corrected chi connectivity index (χ1v) is 6.35. The lowest BCUT2D eigenvalue weighted by Gasteiger charge is -2.15. The molecule has 2 N–H and O–H groups in total. The van der Waals surface area contributed by atoms with Crippen LogP contribution in [0.1, 0.15) is 19.7 Å². The molecule has 3 rings (SSSR count). The van der Waals surface area contributed by atoms with Crippen LogP contribution in [0.2, 0.25) is 0 Å². The molecule has 0 aliphatic rings. The van der Waals surface area contributed by atoms with Crippen molar-refractivity contribution in [2.24, 2.45) is 5.73 Å². The minimum atomic E-state index is -0.331. The lowest BCUT2D eigenvalue weighted by Crippen LogP contribution is -2.28. The first-order chi connectivity index (χ1) is 9.60. The van der Waals surface area contributed by atoms with Gasteiger partial charge < -0.3 is 10.3 Å². The van der Waals surface area contributed by atoms with E-state index in [1.54, 1.807) is 12.4 Å². The molecular weight excluding hydrogens is 254 g/mol. The number of hydrogen-bond donors (Lipinski definition) is 1. The van der Waals surface area contributed by atoms with E-state index in [9.17, 15) is 0 Å². The highest BCUT2D eigenvalue weighted by Crippen LogP contribution is 2.24. The number of nitrogens with two attached hydrogens (primary N) is 1. The van der Waals surface area contributed by atoms with Gasteiger partial charge in [-0.05, 0) is 32.0 Å². The zero-order valence-electron chi connectivity index (χ0n) is 11.4. The lowest BCUT2D eigenvalue weighted by molar-refractivity contribution is 0.311. The van der Waals surface area contributed by atoms with Crippen LogP contribution < -0.4 is 5.73 Å². The second kappa shape index (κ2) is 4.64. The number of rotatable bonds is 3. The summed E-state index contributed by atoms with van der Waals surface area (Å²) in [7, 11) is 0. The average molecular weight is 269 g/mol. The molecular formula is C14H15N5O. The molecule has 2 heterocycles. The van der Waals surface area contributed by atoms with E-state index >= 15 is 0 Å². The first-order valence-electron chi connectivity index (χ1n) is 6.35. The molecule has 0 amide bonds. The van der Waals surface area contributed by atoms with Gasteiger partial charge in [0.05, 0.1) is 16.4 Å². The Hall–Kier alpha value is -2.34. The summed E-state index contributed by atoms with van der Waals surface area (Å²) in [5.41, 5.74) is 7.87. The minimum absolute atomic E-state index is 0.331. The van der Waals surface area contributed by atoms with Gasteiger partial charge in [-0.2, -0.15) is 4.98 Å². The van der Waals surface area contributed by atoms with Gasteiger partial charge in [-0.15, -0.1) is 0 Å². The highest BCUT2D eigenvalue weighted by molar-refractivity contribution is 5.79. The average Bonchev–Trinajstić information content (AvgIpc) is 2.97. The van der Waals surface area contributed by atoms with Crippen LogP contribution >= 0.6 is 0 Å². The predicted octanol–water partition coefficient (Wildman–Crippen LogP) is 1.92. The Bertz CT molecular complexity index is 750. The van der Waals surface area contributed by atoms with Gasteiger partial charge in [0.2, 0.25) is 11.7 Å². The molecule has 0 atom stereocenters. The van der Waals surface area contributed by atoms with Crippen molar-refractivity contribution in [1.29, 1.82) is 0 Å². The number of nitrogens with zero attached hydrogens (tertiary/aromatic N) is 4. The van der Waals surface area contributed by atoms with Crippen molar-refractivity contribution in [2.45, 2.75) is 19.3 Å². The molecule has 0 aliphatic carbocycles. The summed E-state index contributed by atoms with van der Waals surface area (Å²) in [5.74, 6) is 1.07. The van der Waals surface area contributed by atoms with Crippen molar-refractivity contribution >= 4 is 11.0 Å². The van der Waals surface area contributed by atoms with Gasteiger partial charge in [-0.25, -0.2) is 0 Å². The van der Waals surface area contributed by atoms with Crippen molar-refractivity contribution in [3.8, 4) is 11.4 Å². The maximum Gasteiger partial charge on any atom is 0.233 e. The van der Waals surface area contributed by atoms with E-state index < -0.39 is 0 Å². The van der Waals surface area contributed by atoms with E-state index in [0.29, 0.717) is 18.3 Å². The van der Waals surface area contributed by atoms with Crippen molar-refractivity contribution < 1.29 is 4.52 Å². The Kier molecular flexibility index (Phi) is 2.94. The number of aromatic nitrogens is 4. The highest BCUT2D eigenvalue weighted by atomic mass is 16.5. The molecule has 0 spiro atoms. The van der Waals surface area contributed by atoms with Crippen molar-refractivity contribution in [2.75, 3.05) is 6.54 Å². The lowest BCUT2D eigenvalue weighted by atomic mass is 9.94. The molecule has 0 saturated carbocycles. The van der Waals surface area contributed by atoms with Gasteiger partial charge in [0.1, 0.15) is 0 Å². The van der Waals surface area contributed by atoms with Gasteiger partial charge in [0, 0.05) is 24.5 Å². The van der Waals surface area contributed by atoms with E-state index in [-0.39, 0.29) is 5.41 Å². The molecule has 20 heavy (non-hydrogen) atoms. The summed E-state index contributed by atoms with van der Waals surface area (Å²) in [6, 6.07) is 5.69. The summed E-state index contributed by atoms with van der Waals surface area (Å²) >= 11 is 0. The van der Waals surface area contributed by atoms with E-state index in [1.165, 1.54) is 0 Å². The Morgan fingerprint density at radius 3 is 2.65 bits per heavy atom. The van der Waals surface area contributed by atoms with Crippen LogP contribution in [-0.2, 0) is 5.41 Å². The number of hydrogen-bond acceptors (Lipinski definition) is 6. The van der Waals surface area contributed by atoms with E-state index in [2.05, 4.69) is 20.1 Å². The van der Waals surface area contributed by atoms with Gasteiger partial charge in [0.15, 0.2) is 0 Å². The molecule has 3 aromatic rings. The highest BCUT2D eigenvalue weighted by Gasteiger charge is 2.26. The Balaban J connectivity index is 2.03. The zero-order valence-corrected chi connectivity index (χ0v) is 11.4. The van der Waals surface area contributed by atoms with E-state index in [0.717, 1.165) is 16.6 Å². The van der Waals surface area contributed by atoms with E-state index in [1.807, 2.05) is 32.0 Å². The van der Waals surface area contributed by atoms with Crippen LogP contribution in [-0.4, -0.2) is 26.7 Å². The normalized spacial score (nSPS) is 11.9. The Morgan fingerprint density at radius 1 is 1.15 bits per heavy atom. The molecule has 0 bridgehead atoms. The maximum atomic E-state index is 5.71. The fourth-order valence-corrected chi connectivity index (χ4v) is 1.81. The molecule has 0 unspecified atom stereocenters. The summed E-state index contributed by atoms with van der Waals surface area (Å²) in [5, 5.41) is 4.02. The third-order valence-corrected chi connectivity index (χ3v) is 3.24. The summed E-state index contributed by atoms with van der Waals surface area (Å²) in [4.78, 5) is 12.9. The SMILES string of the molecule is CC(C)(CN)c1nc(-c2ccc3nccnc3c2)no1. The monoisotopic (exact) mass is 269 g/mol. The molecule has 0 radical (unpaired) electrons. The van der Waals surface area contributed by atoms with Crippen LogP contribution in [0.25, 0.3) is 22.4 Å². The minimum Gasteiger partial charge on any atom is -0.338 e. The smallest absolute Gasteiger partial charge is 0.233 e. The predicted molar refractivity (Wildman–Crippen MR) is 74.9 cm³/mol. The van der Waals surface area contributed by atoms with Gasteiger partial charge in [-0.3, -0.25) is 9.97 Å². The molecule has 6 nitrogen and oxygen atoms in total. The summed E-state index contributed by atoms with van der Waals surface area (Å²) < 4.78 is 5.31. The van der Waals surface area contributed by atoms with Crippen LogP contribution in [0.15, 0.2) is 35.1 Å². The molecule has 6 heteroatoms. The molecule has 1 aromatic carbocycles. The molecule has 0 fully saturated rings. The van der Waals surface area contributed by atoms with Gasteiger partial charge in [-0.1, -0.05) is 5.16 Å². The topological polar surface area (TPSA) is 90.7 Å². The van der Waals surface area contributed by atoms with Crippen molar-refractivity contribution in [3.63, 3.8) is 0 Å². The fourth-order valence-electron chi connectivity index (χ4n) is 1.81. The Morgan fingerprint density at radius 2 is 1.90 bits per heavy atom. The number of fused-ring (bicyclic) bond motifs is 1. The van der Waals surface area contributed by atoms with Crippen LogP contribution in [0.4, 0.5) is 0 Å². The van der Waals surface area contributed by atoms with Crippen LogP contribution in [0.5, 0.6) is 0 Å². The van der Waals surface area contributed by atoms with Gasteiger partial charge >= 0.3 is 0 Å². The maximum absolute atomic E-state index is 5.71.